The van der Waals surface area contributed by atoms with Crippen LogP contribution in [0.5, 0.6) is 0 Å². The standard InChI is InChI=1S/C19H26O7/c1-5-24-16(21)13(4)12-19(17(22)25-6-2,18(23)26-7-3)14-10-8-9-11-15(14)20/h10H,4-9,11-12H2,1-3H3. The van der Waals surface area contributed by atoms with Gasteiger partial charge in [0.05, 0.1) is 19.8 Å². The highest BCUT2D eigenvalue weighted by Crippen LogP contribution is 2.41. The molecule has 0 aromatic rings. The summed E-state index contributed by atoms with van der Waals surface area (Å²) in [6.07, 6.45) is 2.49. The summed E-state index contributed by atoms with van der Waals surface area (Å²) in [4.78, 5) is 50.2. The molecule has 0 saturated carbocycles. The number of esters is 3. The molecule has 7 heteroatoms. The molecule has 1 aliphatic carbocycles. The van der Waals surface area contributed by atoms with Crippen molar-refractivity contribution in [3.8, 4) is 0 Å². The van der Waals surface area contributed by atoms with Crippen LogP contribution in [0.3, 0.4) is 0 Å². The van der Waals surface area contributed by atoms with E-state index in [1.54, 1.807) is 26.8 Å². The van der Waals surface area contributed by atoms with Crippen LogP contribution in [0, 0.1) is 5.41 Å². The number of carbonyl (C=O) groups is 4. The SMILES string of the molecule is C=C(CC(C(=O)OCC)(C(=O)OCC)C1=CCCCC1=O)C(=O)OCC. The normalized spacial score (nSPS) is 14.3. The zero-order valence-corrected chi connectivity index (χ0v) is 15.6. The van der Waals surface area contributed by atoms with E-state index in [1.807, 2.05) is 0 Å². The van der Waals surface area contributed by atoms with Crippen LogP contribution in [0.25, 0.3) is 0 Å². The topological polar surface area (TPSA) is 96.0 Å². The average molecular weight is 366 g/mol. The molecule has 0 saturated heterocycles. The molecule has 1 rings (SSSR count). The highest BCUT2D eigenvalue weighted by Gasteiger charge is 2.55. The second-order valence-electron chi connectivity index (χ2n) is 5.78. The fraction of sp³-hybridized carbons (Fsp3) is 0.579. The van der Waals surface area contributed by atoms with E-state index in [9.17, 15) is 19.2 Å². The quantitative estimate of drug-likeness (QED) is 0.267. The highest BCUT2D eigenvalue weighted by atomic mass is 16.6. The fourth-order valence-electron chi connectivity index (χ4n) is 2.85. The first-order chi connectivity index (χ1) is 12.3. The molecule has 144 valence electrons. The second-order valence-corrected chi connectivity index (χ2v) is 5.78. The summed E-state index contributed by atoms with van der Waals surface area (Å²) in [6.45, 7) is 8.57. The lowest BCUT2D eigenvalue weighted by molar-refractivity contribution is -0.170. The van der Waals surface area contributed by atoms with Crippen LogP contribution in [-0.4, -0.2) is 43.5 Å². The van der Waals surface area contributed by atoms with E-state index in [0.717, 1.165) is 0 Å². The zero-order valence-electron chi connectivity index (χ0n) is 15.6. The Labute approximate surface area is 153 Å². The van der Waals surface area contributed by atoms with Gasteiger partial charge < -0.3 is 14.2 Å². The molecule has 0 spiro atoms. The van der Waals surface area contributed by atoms with E-state index in [2.05, 4.69) is 6.58 Å². The molecule has 0 atom stereocenters. The monoisotopic (exact) mass is 366 g/mol. The number of carbonyl (C=O) groups excluding carboxylic acids is 4. The second kappa shape index (κ2) is 9.89. The Hall–Kier alpha value is -2.44. The predicted octanol–water partition coefficient (Wildman–Crippen LogP) is 2.29. The van der Waals surface area contributed by atoms with Gasteiger partial charge >= 0.3 is 17.9 Å². The molecule has 0 radical (unpaired) electrons. The molecule has 0 aromatic heterocycles. The molecule has 0 N–H and O–H groups in total. The summed E-state index contributed by atoms with van der Waals surface area (Å²) < 4.78 is 15.1. The van der Waals surface area contributed by atoms with Crippen molar-refractivity contribution >= 4 is 23.7 Å². The Balaban J connectivity index is 3.47. The van der Waals surface area contributed by atoms with Crippen LogP contribution in [-0.2, 0) is 33.4 Å². The minimum atomic E-state index is -2.05. The summed E-state index contributed by atoms with van der Waals surface area (Å²) in [6, 6.07) is 0. The van der Waals surface area contributed by atoms with E-state index in [1.165, 1.54) is 0 Å². The van der Waals surface area contributed by atoms with Gasteiger partial charge in [-0.2, -0.15) is 0 Å². The lowest BCUT2D eigenvalue weighted by atomic mass is 9.70. The number of rotatable bonds is 9. The van der Waals surface area contributed by atoms with Gasteiger partial charge in [0.25, 0.3) is 0 Å². The van der Waals surface area contributed by atoms with Gasteiger partial charge in [0.1, 0.15) is 0 Å². The molecule has 0 aromatic carbocycles. The summed E-state index contributed by atoms with van der Waals surface area (Å²) in [5.41, 5.74) is -2.15. The van der Waals surface area contributed by atoms with Crippen molar-refractivity contribution in [3.63, 3.8) is 0 Å². The third-order valence-electron chi connectivity index (χ3n) is 4.01. The molecule has 0 fully saturated rings. The lowest BCUT2D eigenvalue weighted by Gasteiger charge is -2.32. The van der Waals surface area contributed by atoms with Gasteiger partial charge in [-0.3, -0.25) is 14.4 Å². The Morgan fingerprint density at radius 3 is 2.04 bits per heavy atom. The van der Waals surface area contributed by atoms with Crippen molar-refractivity contribution in [2.75, 3.05) is 19.8 Å². The van der Waals surface area contributed by atoms with Gasteiger partial charge in [0.2, 0.25) is 0 Å². The largest absolute Gasteiger partial charge is 0.465 e. The van der Waals surface area contributed by atoms with E-state index in [4.69, 9.17) is 14.2 Å². The number of hydrogen-bond acceptors (Lipinski definition) is 7. The van der Waals surface area contributed by atoms with Gasteiger partial charge in [-0.25, -0.2) is 4.79 Å². The maximum atomic E-state index is 12.8. The van der Waals surface area contributed by atoms with E-state index < -0.39 is 29.7 Å². The Bertz CT molecular complexity index is 597. The number of Topliss-reactive ketones (excluding diaryl/α,β-unsaturated/α-hetero) is 1. The smallest absolute Gasteiger partial charge is 0.333 e. The summed E-state index contributed by atoms with van der Waals surface area (Å²) in [7, 11) is 0. The van der Waals surface area contributed by atoms with Crippen molar-refractivity contribution in [2.45, 2.75) is 46.5 Å². The molecule has 0 heterocycles. The van der Waals surface area contributed by atoms with Crippen LogP contribution < -0.4 is 0 Å². The summed E-state index contributed by atoms with van der Waals surface area (Å²) in [5.74, 6) is -2.93. The summed E-state index contributed by atoms with van der Waals surface area (Å²) in [5, 5.41) is 0. The maximum absolute atomic E-state index is 12.8. The van der Waals surface area contributed by atoms with Gasteiger partial charge in [0, 0.05) is 24.0 Å². The summed E-state index contributed by atoms with van der Waals surface area (Å²) >= 11 is 0. The third-order valence-corrected chi connectivity index (χ3v) is 4.01. The van der Waals surface area contributed by atoms with Gasteiger partial charge in [-0.1, -0.05) is 12.7 Å². The van der Waals surface area contributed by atoms with Crippen LogP contribution in [0.15, 0.2) is 23.8 Å². The van der Waals surface area contributed by atoms with Crippen molar-refractivity contribution in [1.29, 1.82) is 0 Å². The first-order valence-electron chi connectivity index (χ1n) is 8.78. The number of ketones is 1. The predicted molar refractivity (Wildman–Crippen MR) is 93.0 cm³/mol. The van der Waals surface area contributed by atoms with Gasteiger partial charge in [0.15, 0.2) is 11.2 Å². The number of allylic oxidation sites excluding steroid dienone is 1. The van der Waals surface area contributed by atoms with Gasteiger partial charge in [-0.05, 0) is 33.6 Å². The van der Waals surface area contributed by atoms with Crippen LogP contribution in [0.2, 0.25) is 0 Å². The van der Waals surface area contributed by atoms with E-state index in [0.29, 0.717) is 12.8 Å². The van der Waals surface area contributed by atoms with Crippen molar-refractivity contribution < 1.29 is 33.4 Å². The van der Waals surface area contributed by atoms with Crippen molar-refractivity contribution in [2.24, 2.45) is 5.41 Å². The first kappa shape index (κ1) is 21.6. The van der Waals surface area contributed by atoms with Crippen molar-refractivity contribution in [1.82, 2.24) is 0 Å². The minimum absolute atomic E-state index is 0.00565. The van der Waals surface area contributed by atoms with Gasteiger partial charge in [-0.15, -0.1) is 0 Å². The third kappa shape index (κ3) is 4.59. The Kier molecular flexibility index (Phi) is 8.22. The highest BCUT2D eigenvalue weighted by molar-refractivity contribution is 6.14. The first-order valence-corrected chi connectivity index (χ1v) is 8.78. The maximum Gasteiger partial charge on any atom is 0.333 e. The molecule has 7 nitrogen and oxygen atoms in total. The lowest BCUT2D eigenvalue weighted by Crippen LogP contribution is -2.47. The number of ether oxygens (including phenoxy) is 3. The van der Waals surface area contributed by atoms with E-state index in [-0.39, 0.29) is 43.2 Å². The molecule has 0 aliphatic heterocycles. The Morgan fingerprint density at radius 2 is 1.58 bits per heavy atom. The van der Waals surface area contributed by atoms with Crippen LogP contribution in [0.4, 0.5) is 0 Å². The molecule has 0 amide bonds. The molecule has 0 bridgehead atoms. The molecular weight excluding hydrogens is 340 g/mol. The minimum Gasteiger partial charge on any atom is -0.465 e. The van der Waals surface area contributed by atoms with Crippen molar-refractivity contribution in [3.05, 3.63) is 23.8 Å². The molecule has 0 unspecified atom stereocenters. The molecular formula is C19H26O7. The average Bonchev–Trinajstić information content (AvgIpc) is 2.60. The molecule has 1 aliphatic rings. The van der Waals surface area contributed by atoms with E-state index >= 15 is 0 Å². The van der Waals surface area contributed by atoms with Crippen LogP contribution >= 0.6 is 0 Å². The molecule has 26 heavy (non-hydrogen) atoms. The number of hydrogen-bond donors (Lipinski definition) is 0. The fourth-order valence-corrected chi connectivity index (χ4v) is 2.85. The zero-order chi connectivity index (χ0) is 19.7. The van der Waals surface area contributed by atoms with Crippen LogP contribution in [0.1, 0.15) is 46.5 Å². The Morgan fingerprint density at radius 1 is 1.04 bits per heavy atom.